The average Bonchev–Trinajstić information content (AvgIpc) is 3.02. The lowest BCUT2D eigenvalue weighted by molar-refractivity contribution is -0.135. The number of nitrogens with one attached hydrogen (secondary N) is 1. The molecule has 0 saturated heterocycles. The summed E-state index contributed by atoms with van der Waals surface area (Å²) < 4.78 is 18.2. The first kappa shape index (κ1) is 17.2. The number of carboxylic acids is 1. The van der Waals surface area contributed by atoms with Gasteiger partial charge in [-0.25, -0.2) is 9.37 Å². The van der Waals surface area contributed by atoms with E-state index in [0.717, 1.165) is 11.5 Å². The van der Waals surface area contributed by atoms with Crippen LogP contribution in [-0.4, -0.2) is 38.0 Å². The van der Waals surface area contributed by atoms with Crippen LogP contribution in [0, 0.1) is 5.82 Å². The van der Waals surface area contributed by atoms with Crippen LogP contribution in [0.3, 0.4) is 0 Å². The molecule has 1 aromatic carbocycles. The third-order valence-corrected chi connectivity index (χ3v) is 4.97. The van der Waals surface area contributed by atoms with Crippen molar-refractivity contribution in [2.24, 2.45) is 0 Å². The molecule has 0 atom stereocenters. The Hall–Kier alpha value is -2.59. The van der Waals surface area contributed by atoms with Crippen LogP contribution >= 0.6 is 27.5 Å². The highest BCUT2D eigenvalue weighted by Crippen LogP contribution is 2.41. The second-order valence-electron chi connectivity index (χ2n) is 4.92. The number of carbonyl (C=O) groups excluding carboxylic acids is 1. The van der Waals surface area contributed by atoms with Gasteiger partial charge in [-0.3, -0.25) is 9.59 Å². The van der Waals surface area contributed by atoms with Gasteiger partial charge in [0.1, 0.15) is 17.0 Å². The van der Waals surface area contributed by atoms with Gasteiger partial charge in [0.25, 0.3) is 5.91 Å². The van der Waals surface area contributed by atoms with Gasteiger partial charge in [-0.05, 0) is 51.7 Å². The van der Waals surface area contributed by atoms with Crippen molar-refractivity contribution in [1.29, 1.82) is 0 Å². The molecule has 0 spiro atoms. The van der Waals surface area contributed by atoms with Crippen molar-refractivity contribution in [1.82, 2.24) is 14.7 Å². The first-order chi connectivity index (χ1) is 11.9. The molecule has 128 valence electrons. The largest absolute Gasteiger partial charge is 0.505 e. The Morgan fingerprint density at radius 1 is 1.28 bits per heavy atom. The van der Waals surface area contributed by atoms with Crippen LogP contribution < -0.4 is 5.32 Å². The lowest BCUT2D eigenvalue weighted by Crippen LogP contribution is -2.30. The number of rotatable bonds is 4. The van der Waals surface area contributed by atoms with Crippen molar-refractivity contribution in [3.05, 3.63) is 40.4 Å². The monoisotopic (exact) mass is 425 g/mol. The maximum absolute atomic E-state index is 13.1. The highest BCUT2D eigenvalue weighted by molar-refractivity contribution is 9.10. The summed E-state index contributed by atoms with van der Waals surface area (Å²) in [6.45, 7) is -0.609. The van der Waals surface area contributed by atoms with E-state index >= 15 is 0 Å². The summed E-state index contributed by atoms with van der Waals surface area (Å²) in [6.07, 6.45) is 0. The van der Waals surface area contributed by atoms with Gasteiger partial charge in [-0.1, -0.05) is 0 Å². The highest BCUT2D eigenvalue weighted by Gasteiger charge is 2.23. The molecule has 3 rings (SSSR count). The summed E-state index contributed by atoms with van der Waals surface area (Å²) in [5.74, 6) is -2.89. The topological polar surface area (TPSA) is 112 Å². The predicted molar refractivity (Wildman–Crippen MR) is 92.1 cm³/mol. The number of hydrogen-bond acceptors (Lipinski definition) is 6. The van der Waals surface area contributed by atoms with Crippen molar-refractivity contribution >= 4 is 49.4 Å². The van der Waals surface area contributed by atoms with Crippen molar-refractivity contribution in [3.63, 3.8) is 0 Å². The lowest BCUT2D eigenvalue weighted by Gasteiger charge is -2.07. The van der Waals surface area contributed by atoms with Gasteiger partial charge in [0.05, 0.1) is 15.8 Å². The van der Waals surface area contributed by atoms with Gasteiger partial charge in [-0.15, -0.1) is 0 Å². The minimum atomic E-state index is -1.22. The van der Waals surface area contributed by atoms with Gasteiger partial charge >= 0.3 is 5.97 Å². The van der Waals surface area contributed by atoms with Crippen LogP contribution in [0.25, 0.3) is 21.3 Å². The standard InChI is InChI=1S/C15H9BrFN3O4S/c16-14-13-9(10(20-25-13)6-1-3-7(17)4-2-6)12(23)11(19-14)15(24)18-5-8(21)22/h1-4,23H,5H2,(H,18,24)(H,21,22). The van der Waals surface area contributed by atoms with E-state index < -0.39 is 30.0 Å². The number of carboxylic acid groups (broad SMARTS) is 1. The zero-order valence-corrected chi connectivity index (χ0v) is 14.7. The van der Waals surface area contributed by atoms with Gasteiger partial charge in [-0.2, -0.15) is 4.37 Å². The molecule has 0 saturated carbocycles. The minimum absolute atomic E-state index is 0.277. The number of nitrogens with zero attached hydrogens (tertiary/aromatic N) is 2. The molecule has 3 aromatic rings. The fourth-order valence-corrected chi connectivity index (χ4v) is 3.55. The maximum atomic E-state index is 13.1. The Bertz CT molecular complexity index is 991. The maximum Gasteiger partial charge on any atom is 0.322 e. The van der Waals surface area contributed by atoms with E-state index in [0.29, 0.717) is 16.0 Å². The Kier molecular flexibility index (Phi) is 4.64. The van der Waals surface area contributed by atoms with Crippen molar-refractivity contribution in [3.8, 4) is 17.0 Å². The number of amides is 1. The Labute approximate surface area is 152 Å². The summed E-state index contributed by atoms with van der Waals surface area (Å²) in [6, 6.07) is 5.52. The molecule has 3 N–H and O–H groups in total. The van der Waals surface area contributed by atoms with Crippen molar-refractivity contribution in [2.45, 2.75) is 0 Å². The van der Waals surface area contributed by atoms with E-state index in [1.165, 1.54) is 24.3 Å². The van der Waals surface area contributed by atoms with Crippen LogP contribution in [0.5, 0.6) is 5.75 Å². The number of hydrogen-bond donors (Lipinski definition) is 3. The Balaban J connectivity index is 2.14. The predicted octanol–water partition coefficient (Wildman–Crippen LogP) is 2.78. The summed E-state index contributed by atoms with van der Waals surface area (Å²) >= 11 is 4.27. The molecule has 0 bridgehead atoms. The first-order valence-electron chi connectivity index (χ1n) is 6.82. The van der Waals surface area contributed by atoms with Crippen LogP contribution in [0.1, 0.15) is 10.5 Å². The van der Waals surface area contributed by atoms with E-state index in [-0.39, 0.29) is 15.7 Å². The summed E-state index contributed by atoms with van der Waals surface area (Å²) in [7, 11) is 0. The van der Waals surface area contributed by atoms with Gasteiger partial charge in [0, 0.05) is 5.56 Å². The molecule has 0 unspecified atom stereocenters. The number of carbonyl (C=O) groups is 2. The van der Waals surface area contributed by atoms with E-state index in [2.05, 4.69) is 30.6 Å². The number of pyridine rings is 1. The molecule has 10 heteroatoms. The minimum Gasteiger partial charge on any atom is -0.505 e. The smallest absolute Gasteiger partial charge is 0.322 e. The van der Waals surface area contributed by atoms with Crippen molar-refractivity contribution in [2.75, 3.05) is 6.54 Å². The lowest BCUT2D eigenvalue weighted by atomic mass is 10.1. The number of benzene rings is 1. The molecule has 0 radical (unpaired) electrons. The molecular weight excluding hydrogens is 417 g/mol. The SMILES string of the molecule is O=C(O)CNC(=O)c1nc(Br)c2snc(-c3ccc(F)cc3)c2c1O. The molecule has 25 heavy (non-hydrogen) atoms. The summed E-state index contributed by atoms with van der Waals surface area (Å²) in [5, 5.41) is 21.6. The van der Waals surface area contributed by atoms with Gasteiger partial charge in [0.15, 0.2) is 11.4 Å². The van der Waals surface area contributed by atoms with E-state index in [1.54, 1.807) is 0 Å². The molecule has 0 aliphatic heterocycles. The molecule has 0 aliphatic rings. The zero-order valence-electron chi connectivity index (χ0n) is 12.3. The number of aromatic nitrogens is 2. The molecular formula is C15H9BrFN3O4S. The number of aromatic hydroxyl groups is 1. The van der Waals surface area contributed by atoms with Crippen LogP contribution in [0.15, 0.2) is 28.9 Å². The summed E-state index contributed by atoms with van der Waals surface area (Å²) in [5.41, 5.74) is 0.593. The molecule has 0 fully saturated rings. The van der Waals surface area contributed by atoms with E-state index in [4.69, 9.17) is 5.11 Å². The van der Waals surface area contributed by atoms with Crippen LogP contribution in [0.2, 0.25) is 0 Å². The van der Waals surface area contributed by atoms with Crippen molar-refractivity contribution < 1.29 is 24.2 Å². The fraction of sp³-hybridized carbons (Fsp3) is 0.0667. The second-order valence-corrected chi connectivity index (χ2v) is 6.44. The average molecular weight is 426 g/mol. The summed E-state index contributed by atoms with van der Waals surface area (Å²) in [4.78, 5) is 26.6. The van der Waals surface area contributed by atoms with Crippen LogP contribution in [0.4, 0.5) is 4.39 Å². The molecule has 7 nitrogen and oxygen atoms in total. The zero-order chi connectivity index (χ0) is 18.1. The fourth-order valence-electron chi connectivity index (χ4n) is 2.17. The normalized spacial score (nSPS) is 10.8. The van der Waals surface area contributed by atoms with Crippen LogP contribution in [-0.2, 0) is 4.79 Å². The molecule has 1 amide bonds. The number of halogens is 2. The molecule has 2 heterocycles. The Morgan fingerprint density at radius 2 is 1.96 bits per heavy atom. The number of fused-ring (bicyclic) bond motifs is 1. The first-order valence-corrected chi connectivity index (χ1v) is 8.39. The third-order valence-electron chi connectivity index (χ3n) is 3.28. The molecule has 0 aliphatic carbocycles. The second kappa shape index (κ2) is 6.73. The van der Waals surface area contributed by atoms with Gasteiger partial charge < -0.3 is 15.5 Å². The third kappa shape index (κ3) is 3.30. The number of aliphatic carboxylic acids is 1. The van der Waals surface area contributed by atoms with E-state index in [1.807, 2.05) is 0 Å². The highest BCUT2D eigenvalue weighted by atomic mass is 79.9. The molecule has 2 aromatic heterocycles. The van der Waals surface area contributed by atoms with Gasteiger partial charge in [0.2, 0.25) is 0 Å². The quantitative estimate of drug-likeness (QED) is 0.554. The van der Waals surface area contributed by atoms with E-state index in [9.17, 15) is 19.1 Å². The Morgan fingerprint density at radius 3 is 2.60 bits per heavy atom.